The Bertz CT molecular complexity index is 364. The van der Waals surface area contributed by atoms with Gasteiger partial charge in [0.1, 0.15) is 5.75 Å². The second-order valence-electron chi connectivity index (χ2n) is 3.79. The molecule has 0 aromatic heterocycles. The number of benzene rings is 1. The van der Waals surface area contributed by atoms with Gasteiger partial charge >= 0.3 is 6.18 Å². The molecule has 1 rings (SSSR count). The van der Waals surface area contributed by atoms with Crippen molar-refractivity contribution in [1.29, 1.82) is 0 Å². The standard InChI is InChI=1S/C10H11F3O2/c1-9(2,15)7-4-3-6(14)5-8(7)10(11,12)13/h3-5,14-15H,1-2H3. The van der Waals surface area contributed by atoms with Crippen LogP contribution >= 0.6 is 0 Å². The maximum absolute atomic E-state index is 12.5. The number of aromatic hydroxyl groups is 1. The number of phenols is 1. The van der Waals surface area contributed by atoms with Crippen LogP contribution in [0.2, 0.25) is 0 Å². The zero-order valence-corrected chi connectivity index (χ0v) is 8.26. The number of rotatable bonds is 1. The summed E-state index contributed by atoms with van der Waals surface area (Å²) in [6.07, 6.45) is -4.59. The number of halogens is 3. The van der Waals surface area contributed by atoms with E-state index in [1.165, 1.54) is 13.8 Å². The lowest BCUT2D eigenvalue weighted by Gasteiger charge is -2.22. The molecule has 0 amide bonds. The Morgan fingerprint density at radius 3 is 2.00 bits per heavy atom. The lowest BCUT2D eigenvalue weighted by atomic mass is 9.93. The monoisotopic (exact) mass is 220 g/mol. The summed E-state index contributed by atoms with van der Waals surface area (Å²) in [5.41, 5.74) is -2.87. The fraction of sp³-hybridized carbons (Fsp3) is 0.400. The Labute approximate surface area is 85.0 Å². The molecular formula is C10H11F3O2. The SMILES string of the molecule is CC(C)(O)c1ccc(O)cc1C(F)(F)F. The first-order chi connectivity index (χ1) is 6.62. The maximum atomic E-state index is 12.5. The molecule has 0 aliphatic heterocycles. The van der Waals surface area contributed by atoms with E-state index in [0.29, 0.717) is 6.07 Å². The first-order valence-electron chi connectivity index (χ1n) is 4.25. The van der Waals surface area contributed by atoms with Crippen molar-refractivity contribution in [1.82, 2.24) is 0 Å². The van der Waals surface area contributed by atoms with Crippen LogP contribution in [0.5, 0.6) is 5.75 Å². The van der Waals surface area contributed by atoms with Crippen LogP contribution in [-0.2, 0) is 11.8 Å². The third-order valence-corrected chi connectivity index (χ3v) is 1.97. The molecular weight excluding hydrogens is 209 g/mol. The Morgan fingerprint density at radius 1 is 1.07 bits per heavy atom. The Kier molecular flexibility index (Phi) is 2.69. The molecule has 0 aliphatic rings. The topological polar surface area (TPSA) is 40.5 Å². The molecule has 0 atom stereocenters. The van der Waals surface area contributed by atoms with E-state index >= 15 is 0 Å². The van der Waals surface area contributed by atoms with Crippen LogP contribution in [0.4, 0.5) is 13.2 Å². The highest BCUT2D eigenvalue weighted by Crippen LogP contribution is 2.38. The minimum Gasteiger partial charge on any atom is -0.508 e. The zero-order chi connectivity index (χ0) is 11.9. The number of aliphatic hydroxyl groups is 1. The third-order valence-electron chi connectivity index (χ3n) is 1.97. The van der Waals surface area contributed by atoms with Gasteiger partial charge in [-0.25, -0.2) is 0 Å². The van der Waals surface area contributed by atoms with Crippen molar-refractivity contribution < 1.29 is 23.4 Å². The van der Waals surface area contributed by atoms with Gasteiger partial charge in [-0.2, -0.15) is 13.2 Å². The van der Waals surface area contributed by atoms with Crippen LogP contribution in [0.3, 0.4) is 0 Å². The molecule has 5 heteroatoms. The lowest BCUT2D eigenvalue weighted by Crippen LogP contribution is -2.21. The van der Waals surface area contributed by atoms with Gasteiger partial charge in [-0.15, -0.1) is 0 Å². The quantitative estimate of drug-likeness (QED) is 0.763. The molecule has 1 aromatic carbocycles. The van der Waals surface area contributed by atoms with Crippen LogP contribution in [0.1, 0.15) is 25.0 Å². The Hall–Kier alpha value is -1.23. The van der Waals surface area contributed by atoms with Crippen molar-refractivity contribution in [2.24, 2.45) is 0 Å². The third kappa shape index (κ3) is 2.62. The van der Waals surface area contributed by atoms with E-state index in [0.717, 1.165) is 12.1 Å². The minimum atomic E-state index is -4.59. The van der Waals surface area contributed by atoms with Gasteiger partial charge in [0.2, 0.25) is 0 Å². The number of alkyl halides is 3. The molecule has 0 bridgehead atoms. The van der Waals surface area contributed by atoms with E-state index in [9.17, 15) is 18.3 Å². The average molecular weight is 220 g/mol. The molecule has 0 saturated heterocycles. The summed E-state index contributed by atoms with van der Waals surface area (Å²) >= 11 is 0. The van der Waals surface area contributed by atoms with E-state index in [4.69, 9.17) is 5.11 Å². The van der Waals surface area contributed by atoms with E-state index in [1.807, 2.05) is 0 Å². The van der Waals surface area contributed by atoms with Crippen LogP contribution in [0.15, 0.2) is 18.2 Å². The molecule has 2 N–H and O–H groups in total. The molecule has 1 aromatic rings. The summed E-state index contributed by atoms with van der Waals surface area (Å²) in [7, 11) is 0. The van der Waals surface area contributed by atoms with Gasteiger partial charge in [0.05, 0.1) is 11.2 Å². The average Bonchev–Trinajstić information content (AvgIpc) is 2.00. The number of hydrogen-bond donors (Lipinski definition) is 2. The smallest absolute Gasteiger partial charge is 0.416 e. The van der Waals surface area contributed by atoms with Crippen LogP contribution in [-0.4, -0.2) is 10.2 Å². The largest absolute Gasteiger partial charge is 0.508 e. The summed E-state index contributed by atoms with van der Waals surface area (Å²) in [6.45, 7) is 2.52. The molecule has 15 heavy (non-hydrogen) atoms. The first kappa shape index (κ1) is 11.8. The molecule has 84 valence electrons. The van der Waals surface area contributed by atoms with Gasteiger partial charge in [0.25, 0.3) is 0 Å². The molecule has 0 aliphatic carbocycles. The van der Waals surface area contributed by atoms with Gasteiger partial charge in [-0.3, -0.25) is 0 Å². The molecule has 0 spiro atoms. The van der Waals surface area contributed by atoms with Crippen molar-refractivity contribution in [3.63, 3.8) is 0 Å². The highest BCUT2D eigenvalue weighted by atomic mass is 19.4. The first-order valence-corrected chi connectivity index (χ1v) is 4.25. The van der Waals surface area contributed by atoms with Gasteiger partial charge in [-0.05, 0) is 31.5 Å². The fourth-order valence-corrected chi connectivity index (χ4v) is 1.30. The van der Waals surface area contributed by atoms with Crippen molar-refractivity contribution in [3.8, 4) is 5.75 Å². The molecule has 0 radical (unpaired) electrons. The summed E-state index contributed by atoms with van der Waals surface area (Å²) < 4.78 is 37.6. The molecule has 2 nitrogen and oxygen atoms in total. The Balaban J connectivity index is 3.41. The van der Waals surface area contributed by atoms with Crippen molar-refractivity contribution >= 4 is 0 Å². The predicted octanol–water partition coefficient (Wildman–Crippen LogP) is 2.64. The summed E-state index contributed by atoms with van der Waals surface area (Å²) in [6, 6.07) is 2.79. The summed E-state index contributed by atoms with van der Waals surface area (Å²) in [5, 5.41) is 18.5. The fourth-order valence-electron chi connectivity index (χ4n) is 1.30. The number of hydrogen-bond acceptors (Lipinski definition) is 2. The van der Waals surface area contributed by atoms with E-state index in [-0.39, 0.29) is 5.56 Å². The van der Waals surface area contributed by atoms with Gasteiger partial charge in [0.15, 0.2) is 0 Å². The van der Waals surface area contributed by atoms with E-state index in [1.54, 1.807) is 0 Å². The van der Waals surface area contributed by atoms with Gasteiger partial charge in [-0.1, -0.05) is 6.07 Å². The zero-order valence-electron chi connectivity index (χ0n) is 8.26. The predicted molar refractivity (Wildman–Crippen MR) is 48.4 cm³/mol. The highest BCUT2D eigenvalue weighted by molar-refractivity contribution is 5.39. The van der Waals surface area contributed by atoms with Crippen LogP contribution in [0, 0.1) is 0 Å². The van der Waals surface area contributed by atoms with Gasteiger partial charge in [0, 0.05) is 0 Å². The van der Waals surface area contributed by atoms with Gasteiger partial charge < -0.3 is 10.2 Å². The molecule has 0 unspecified atom stereocenters. The second kappa shape index (κ2) is 3.41. The van der Waals surface area contributed by atoms with E-state index < -0.39 is 23.1 Å². The second-order valence-corrected chi connectivity index (χ2v) is 3.79. The van der Waals surface area contributed by atoms with Crippen LogP contribution < -0.4 is 0 Å². The molecule has 0 heterocycles. The van der Waals surface area contributed by atoms with Crippen LogP contribution in [0.25, 0.3) is 0 Å². The molecule has 0 saturated carbocycles. The normalized spacial score (nSPS) is 12.9. The van der Waals surface area contributed by atoms with Crippen molar-refractivity contribution in [2.75, 3.05) is 0 Å². The van der Waals surface area contributed by atoms with Crippen molar-refractivity contribution in [3.05, 3.63) is 29.3 Å². The van der Waals surface area contributed by atoms with E-state index in [2.05, 4.69) is 0 Å². The van der Waals surface area contributed by atoms with Crippen molar-refractivity contribution in [2.45, 2.75) is 25.6 Å². The summed E-state index contributed by atoms with van der Waals surface area (Å²) in [4.78, 5) is 0. The minimum absolute atomic E-state index is 0.257. The summed E-state index contributed by atoms with van der Waals surface area (Å²) in [5.74, 6) is -0.477. The Morgan fingerprint density at radius 2 is 1.60 bits per heavy atom. The molecule has 0 fully saturated rings. The highest BCUT2D eigenvalue weighted by Gasteiger charge is 2.37. The maximum Gasteiger partial charge on any atom is 0.416 e. The lowest BCUT2D eigenvalue weighted by molar-refractivity contribution is -0.140. The number of phenolic OH excluding ortho intramolecular Hbond substituents is 1.